The fraction of sp³-hybridized carbons (Fsp3) is 0.524. The van der Waals surface area contributed by atoms with E-state index in [0.717, 1.165) is 41.2 Å². The number of benzene rings is 1. The molecule has 1 fully saturated rings. The Morgan fingerprint density at radius 1 is 1.37 bits per heavy atom. The number of ether oxygens (including phenoxy) is 2. The second kappa shape index (κ2) is 9.74. The van der Waals surface area contributed by atoms with Crippen molar-refractivity contribution in [3.05, 3.63) is 58.3 Å². The van der Waals surface area contributed by atoms with E-state index >= 15 is 0 Å². The Hall–Kier alpha value is -0.600. The van der Waals surface area contributed by atoms with Gasteiger partial charge < -0.3 is 0 Å². The molecule has 0 aromatic heterocycles. The zero-order valence-electron chi connectivity index (χ0n) is 15.7. The van der Waals surface area contributed by atoms with Crippen LogP contribution in [-0.2, 0) is 15.9 Å². The van der Waals surface area contributed by atoms with Crippen LogP contribution in [0.2, 0.25) is 5.02 Å². The van der Waals surface area contributed by atoms with Crippen molar-refractivity contribution in [1.29, 1.82) is 0 Å². The van der Waals surface area contributed by atoms with Gasteiger partial charge in [-0.3, -0.25) is 0 Å². The van der Waals surface area contributed by atoms with Crippen LogP contribution in [0.15, 0.2) is 42.2 Å². The Balaban J connectivity index is 1.71. The number of allylic oxidation sites excluding steroid dienone is 3. The molecule has 0 spiro atoms. The van der Waals surface area contributed by atoms with E-state index in [0.29, 0.717) is 12.5 Å². The minimum absolute atomic E-state index is 0.0762. The molecule has 6 heteroatoms. The molecule has 3 N–H and O–H groups in total. The maximum absolute atomic E-state index is 10.3. The van der Waals surface area contributed by atoms with Crippen molar-refractivity contribution in [3.8, 4) is 0 Å². The summed E-state index contributed by atoms with van der Waals surface area (Å²) in [5, 5.41) is 19.2. The van der Waals surface area contributed by atoms with Gasteiger partial charge in [-0.05, 0) is 0 Å². The van der Waals surface area contributed by atoms with Crippen molar-refractivity contribution in [2.24, 2.45) is 5.92 Å². The third-order valence-electron chi connectivity index (χ3n) is 4.92. The summed E-state index contributed by atoms with van der Waals surface area (Å²) in [6.07, 6.45) is 8.19. The molecular formula is C21H28ClIO4. The topological polar surface area (TPSA) is 61.6 Å². The Bertz CT molecular complexity index is 705. The second-order valence-electron chi connectivity index (χ2n) is 6.87. The van der Waals surface area contributed by atoms with Gasteiger partial charge in [0.25, 0.3) is 0 Å². The molecule has 2 aliphatic rings. The van der Waals surface area contributed by atoms with Gasteiger partial charge in [0.05, 0.1) is 0 Å². The normalized spacial score (nSPS) is 31.1. The van der Waals surface area contributed by atoms with Gasteiger partial charge >= 0.3 is 177 Å². The summed E-state index contributed by atoms with van der Waals surface area (Å²) in [4.78, 5) is 0. The summed E-state index contributed by atoms with van der Waals surface area (Å²) in [5.41, 5.74) is 2.19. The van der Waals surface area contributed by atoms with Crippen molar-refractivity contribution in [2.45, 2.75) is 53.5 Å². The maximum atomic E-state index is 10.3. The van der Waals surface area contributed by atoms with Gasteiger partial charge in [0, 0.05) is 0 Å². The van der Waals surface area contributed by atoms with Crippen LogP contribution >= 0.6 is 11.6 Å². The van der Waals surface area contributed by atoms with Gasteiger partial charge in [-0.25, -0.2) is 0 Å². The van der Waals surface area contributed by atoms with Crippen LogP contribution in [0, 0.1) is 5.92 Å². The monoisotopic (exact) mass is 506 g/mol. The molecule has 1 aromatic rings. The minimum atomic E-state index is -0.657. The molecule has 1 saturated heterocycles. The second-order valence-corrected chi connectivity index (χ2v) is 10.4. The average Bonchev–Trinajstić information content (AvgIpc) is 2.67. The fourth-order valence-electron chi connectivity index (χ4n) is 3.39. The number of rotatable bonds is 6. The molecule has 3 rings (SSSR count). The molecule has 0 bridgehead atoms. The van der Waals surface area contributed by atoms with Crippen molar-refractivity contribution in [1.82, 2.24) is 0 Å². The van der Waals surface area contributed by atoms with E-state index in [1.54, 1.807) is 0 Å². The van der Waals surface area contributed by atoms with Crippen molar-refractivity contribution >= 4 is 11.6 Å². The molecule has 1 aliphatic heterocycles. The molecule has 1 aliphatic carbocycles. The summed E-state index contributed by atoms with van der Waals surface area (Å²) in [6, 6.07) is 6.07. The van der Waals surface area contributed by atoms with Gasteiger partial charge in [-0.15, -0.1) is 0 Å². The summed E-state index contributed by atoms with van der Waals surface area (Å²) >= 11 is 5.81. The van der Waals surface area contributed by atoms with Crippen LogP contribution in [-0.4, -0.2) is 33.1 Å². The Labute approximate surface area is 176 Å². The molecule has 5 atom stereocenters. The van der Waals surface area contributed by atoms with Gasteiger partial charge in [0.1, 0.15) is 0 Å². The Morgan fingerprint density at radius 3 is 2.85 bits per heavy atom. The van der Waals surface area contributed by atoms with Crippen LogP contribution < -0.4 is 21.2 Å². The Kier molecular flexibility index (Phi) is 7.62. The first kappa shape index (κ1) is 21.1. The van der Waals surface area contributed by atoms with E-state index < -0.39 is 31.4 Å². The standard InChI is InChI=1S/C21H27ClIO4/c1-3-18-19(24)20(25)23-21(27-18)14-7-10-17(22)15(12-14)11-13-5-8-16(9-6-13)26-4-2/h5,7-10,12-13,18-21,24-25H,3-4,6,11H2,1-2H3/q-1/p+1/t13?,18-,19?,20+,21+/m1/s1. The van der Waals surface area contributed by atoms with Gasteiger partial charge in [-0.1, -0.05) is 0 Å². The predicted octanol–water partition coefficient (Wildman–Crippen LogP) is 0.687. The van der Waals surface area contributed by atoms with Crippen LogP contribution in [0.5, 0.6) is 0 Å². The molecule has 4 nitrogen and oxygen atoms in total. The van der Waals surface area contributed by atoms with Crippen LogP contribution in [0.4, 0.5) is 0 Å². The first-order valence-corrected chi connectivity index (χ1v) is 12.3. The number of alkyl halides is 2. The van der Waals surface area contributed by atoms with Gasteiger partial charge in [-0.2, -0.15) is 0 Å². The van der Waals surface area contributed by atoms with E-state index in [1.165, 1.54) is 0 Å². The summed E-state index contributed by atoms with van der Waals surface area (Å²) in [7, 11) is 0. The molecule has 0 amide bonds. The van der Waals surface area contributed by atoms with Crippen LogP contribution in [0.3, 0.4) is 0 Å². The van der Waals surface area contributed by atoms with Crippen LogP contribution in [0.1, 0.15) is 41.9 Å². The van der Waals surface area contributed by atoms with Crippen molar-refractivity contribution in [3.63, 3.8) is 0 Å². The molecule has 0 saturated carbocycles. The fourth-order valence-corrected chi connectivity index (χ4v) is 6.51. The summed E-state index contributed by atoms with van der Waals surface area (Å²) in [6.45, 7) is 4.68. The first-order chi connectivity index (χ1) is 13.0. The summed E-state index contributed by atoms with van der Waals surface area (Å²) in [5.74, 6) is 1.34. The number of halogens is 2. The van der Waals surface area contributed by atoms with E-state index in [2.05, 4.69) is 18.2 Å². The van der Waals surface area contributed by atoms with Crippen LogP contribution in [0.25, 0.3) is 0 Å². The third kappa shape index (κ3) is 5.26. The van der Waals surface area contributed by atoms with E-state index in [9.17, 15) is 5.11 Å². The van der Waals surface area contributed by atoms with E-state index in [4.69, 9.17) is 26.2 Å². The summed E-state index contributed by atoms with van der Waals surface area (Å²) < 4.78 is 11.1. The van der Waals surface area contributed by atoms with E-state index in [1.807, 2.05) is 32.1 Å². The first-order valence-electron chi connectivity index (χ1n) is 9.47. The quantitative estimate of drug-likeness (QED) is 0.351. The van der Waals surface area contributed by atoms with Crippen molar-refractivity contribution < 1.29 is 40.9 Å². The molecule has 1 aromatic carbocycles. The predicted molar refractivity (Wildman–Crippen MR) is 103 cm³/mol. The van der Waals surface area contributed by atoms with E-state index in [-0.39, 0.29) is 10.2 Å². The molecule has 1 heterocycles. The van der Waals surface area contributed by atoms with Gasteiger partial charge in [0.15, 0.2) is 0 Å². The number of aliphatic hydroxyl groups is 1. The number of aliphatic hydroxyl groups excluding tert-OH is 1. The average molecular weight is 507 g/mol. The molecule has 2 unspecified atom stereocenters. The zero-order chi connectivity index (χ0) is 19.4. The SMILES string of the molecule is CCOC1=CCC(Cc2cc([C@@H]3O[C@H](CC)C([OH2+])[C@H](O)[I-]3)ccc2Cl)C=C1. The number of hydrogen-bond acceptors (Lipinski definition) is 3. The third-order valence-corrected chi connectivity index (χ3v) is 8.46. The molecule has 0 radical (unpaired) electrons. The number of hydrogen-bond donors (Lipinski definition) is 1. The van der Waals surface area contributed by atoms with Crippen molar-refractivity contribution in [2.75, 3.05) is 6.61 Å². The molecular weight excluding hydrogens is 479 g/mol. The molecule has 27 heavy (non-hydrogen) atoms. The van der Waals surface area contributed by atoms with Gasteiger partial charge in [0.2, 0.25) is 0 Å². The Morgan fingerprint density at radius 2 is 2.19 bits per heavy atom. The zero-order valence-corrected chi connectivity index (χ0v) is 18.6. The molecule has 150 valence electrons.